The zero-order chi connectivity index (χ0) is 9.97. The van der Waals surface area contributed by atoms with Crippen LogP contribution in [0.25, 0.3) is 11.2 Å². The molecule has 0 bridgehead atoms. The monoisotopic (exact) mass is 208 g/mol. The molecule has 0 saturated heterocycles. The molecule has 0 aromatic carbocycles. The molecule has 0 atom stereocenters. The molecule has 2 aromatic rings. The van der Waals surface area contributed by atoms with Gasteiger partial charge in [0, 0.05) is 6.42 Å². The van der Waals surface area contributed by atoms with E-state index in [2.05, 4.69) is 33.8 Å². The zero-order valence-corrected chi connectivity index (χ0v) is 9.06. The third kappa shape index (κ3) is 1.72. The van der Waals surface area contributed by atoms with Crippen molar-refractivity contribution in [2.45, 2.75) is 25.4 Å². The Morgan fingerprint density at radius 1 is 1.36 bits per heavy atom. The second kappa shape index (κ2) is 3.96. The zero-order valence-electron chi connectivity index (χ0n) is 8.24. The molecule has 74 valence electrons. The Bertz CT molecular complexity index is 437. The highest BCUT2D eigenvalue weighted by atomic mass is 32.2. The summed E-state index contributed by atoms with van der Waals surface area (Å²) in [7, 11) is 0. The summed E-state index contributed by atoms with van der Waals surface area (Å²) in [5.41, 5.74) is 1.69. The maximum absolute atomic E-state index is 4.35. The topological polar surface area (TPSA) is 54.5 Å². The van der Waals surface area contributed by atoms with Crippen LogP contribution >= 0.6 is 11.8 Å². The molecule has 1 N–H and O–H groups in total. The third-order valence-electron chi connectivity index (χ3n) is 1.87. The molecule has 4 nitrogen and oxygen atoms in total. The van der Waals surface area contributed by atoms with E-state index in [1.807, 2.05) is 0 Å². The van der Waals surface area contributed by atoms with Gasteiger partial charge in [0.15, 0.2) is 10.8 Å². The maximum atomic E-state index is 4.35. The fourth-order valence-electron chi connectivity index (χ4n) is 1.21. The van der Waals surface area contributed by atoms with Crippen LogP contribution in [0, 0.1) is 0 Å². The maximum Gasteiger partial charge on any atom is 0.189 e. The lowest BCUT2D eigenvalue weighted by Gasteiger charge is -1.93. The first-order valence-electron chi connectivity index (χ1n) is 4.68. The van der Waals surface area contributed by atoms with Gasteiger partial charge in [0.1, 0.15) is 11.3 Å². The largest absolute Gasteiger partial charge is 0.339 e. The Balaban J connectivity index is 2.43. The van der Waals surface area contributed by atoms with Crippen molar-refractivity contribution in [2.75, 3.05) is 5.75 Å². The van der Waals surface area contributed by atoms with Gasteiger partial charge in [-0.1, -0.05) is 25.6 Å². The molecular weight excluding hydrogens is 196 g/mol. The Hall–Kier alpha value is -1.10. The predicted molar refractivity (Wildman–Crippen MR) is 57.5 cm³/mol. The lowest BCUT2D eigenvalue weighted by Crippen LogP contribution is -1.86. The standard InChI is InChI=1S/C9H12N4S/c1-3-7-11-6-5-10-9(14-4-2)13-8(6)12-7/h5H,3-4H2,1-2H3,(H,10,11,12,13). The van der Waals surface area contributed by atoms with Gasteiger partial charge in [0.25, 0.3) is 0 Å². The van der Waals surface area contributed by atoms with E-state index in [1.165, 1.54) is 0 Å². The number of imidazole rings is 1. The summed E-state index contributed by atoms with van der Waals surface area (Å²) in [5.74, 6) is 1.95. The first kappa shape index (κ1) is 9.45. The van der Waals surface area contributed by atoms with E-state index in [0.717, 1.165) is 34.3 Å². The molecule has 2 heterocycles. The van der Waals surface area contributed by atoms with E-state index in [1.54, 1.807) is 18.0 Å². The second-order valence-corrected chi connectivity index (χ2v) is 4.09. The van der Waals surface area contributed by atoms with E-state index in [-0.39, 0.29) is 0 Å². The Labute approximate surface area is 86.6 Å². The number of hydrogen-bond acceptors (Lipinski definition) is 4. The van der Waals surface area contributed by atoms with Gasteiger partial charge in [-0.25, -0.2) is 15.0 Å². The normalized spacial score (nSPS) is 11.0. The smallest absolute Gasteiger partial charge is 0.189 e. The second-order valence-electron chi connectivity index (χ2n) is 2.86. The minimum atomic E-state index is 0.771. The Kier molecular flexibility index (Phi) is 2.67. The van der Waals surface area contributed by atoms with Crippen molar-refractivity contribution < 1.29 is 0 Å². The summed E-state index contributed by atoms with van der Waals surface area (Å²) < 4.78 is 0. The minimum Gasteiger partial charge on any atom is -0.339 e. The molecular formula is C9H12N4S. The first-order chi connectivity index (χ1) is 6.83. The van der Waals surface area contributed by atoms with E-state index in [0.29, 0.717) is 0 Å². The average molecular weight is 208 g/mol. The molecule has 0 fully saturated rings. The van der Waals surface area contributed by atoms with Gasteiger partial charge in [-0.2, -0.15) is 0 Å². The molecule has 0 amide bonds. The van der Waals surface area contributed by atoms with Crippen molar-refractivity contribution >= 4 is 22.9 Å². The van der Waals surface area contributed by atoms with E-state index < -0.39 is 0 Å². The highest BCUT2D eigenvalue weighted by Gasteiger charge is 2.04. The molecule has 2 aromatic heterocycles. The summed E-state index contributed by atoms with van der Waals surface area (Å²) in [6.45, 7) is 4.15. The van der Waals surface area contributed by atoms with Crippen LogP contribution in [0.1, 0.15) is 19.7 Å². The number of nitrogens with one attached hydrogen (secondary N) is 1. The lowest BCUT2D eigenvalue weighted by atomic mass is 10.5. The summed E-state index contributed by atoms with van der Waals surface area (Å²) >= 11 is 1.63. The lowest BCUT2D eigenvalue weighted by molar-refractivity contribution is 0.980. The van der Waals surface area contributed by atoms with Crippen molar-refractivity contribution in [2.24, 2.45) is 0 Å². The fraction of sp³-hybridized carbons (Fsp3) is 0.444. The van der Waals surface area contributed by atoms with Gasteiger partial charge >= 0.3 is 0 Å². The number of nitrogens with zero attached hydrogens (tertiary/aromatic N) is 3. The van der Waals surface area contributed by atoms with Gasteiger partial charge in [-0.15, -0.1) is 0 Å². The molecule has 5 heteroatoms. The van der Waals surface area contributed by atoms with Crippen LogP contribution in [0.2, 0.25) is 0 Å². The number of rotatable bonds is 3. The van der Waals surface area contributed by atoms with Crippen LogP contribution in [-0.2, 0) is 6.42 Å². The van der Waals surface area contributed by atoms with Crippen molar-refractivity contribution in [3.8, 4) is 0 Å². The average Bonchev–Trinajstić information content (AvgIpc) is 2.60. The predicted octanol–water partition coefficient (Wildman–Crippen LogP) is 2.03. The molecule has 0 unspecified atom stereocenters. The molecule has 0 saturated carbocycles. The molecule has 0 spiro atoms. The Morgan fingerprint density at radius 3 is 2.93 bits per heavy atom. The highest BCUT2D eigenvalue weighted by Crippen LogP contribution is 2.15. The molecule has 0 aliphatic heterocycles. The number of fused-ring (bicyclic) bond motifs is 1. The van der Waals surface area contributed by atoms with Gasteiger partial charge in [-0.05, 0) is 5.75 Å². The van der Waals surface area contributed by atoms with Crippen LogP contribution in [0.15, 0.2) is 11.4 Å². The molecule has 0 aliphatic rings. The number of aryl methyl sites for hydroxylation is 1. The van der Waals surface area contributed by atoms with Crippen molar-refractivity contribution in [3.05, 3.63) is 12.0 Å². The first-order valence-corrected chi connectivity index (χ1v) is 5.66. The van der Waals surface area contributed by atoms with E-state index in [9.17, 15) is 0 Å². The molecule has 14 heavy (non-hydrogen) atoms. The molecule has 2 rings (SSSR count). The van der Waals surface area contributed by atoms with Gasteiger partial charge in [0.2, 0.25) is 0 Å². The minimum absolute atomic E-state index is 0.771. The van der Waals surface area contributed by atoms with Crippen molar-refractivity contribution in [1.29, 1.82) is 0 Å². The quantitative estimate of drug-likeness (QED) is 0.619. The highest BCUT2D eigenvalue weighted by molar-refractivity contribution is 7.99. The van der Waals surface area contributed by atoms with Gasteiger partial charge in [-0.3, -0.25) is 0 Å². The summed E-state index contributed by atoms with van der Waals surface area (Å²) in [6.07, 6.45) is 2.69. The Morgan fingerprint density at radius 2 is 2.21 bits per heavy atom. The summed E-state index contributed by atoms with van der Waals surface area (Å²) in [4.78, 5) is 16.1. The summed E-state index contributed by atoms with van der Waals surface area (Å²) in [5, 5.41) is 0.800. The molecule has 0 aliphatic carbocycles. The van der Waals surface area contributed by atoms with Crippen LogP contribution < -0.4 is 0 Å². The van der Waals surface area contributed by atoms with Crippen LogP contribution in [0.4, 0.5) is 0 Å². The van der Waals surface area contributed by atoms with E-state index in [4.69, 9.17) is 0 Å². The molecule has 0 radical (unpaired) electrons. The van der Waals surface area contributed by atoms with Crippen LogP contribution in [0.3, 0.4) is 0 Å². The number of thioether (sulfide) groups is 1. The summed E-state index contributed by atoms with van der Waals surface area (Å²) in [6, 6.07) is 0. The van der Waals surface area contributed by atoms with Crippen molar-refractivity contribution in [3.63, 3.8) is 0 Å². The fourth-order valence-corrected chi connectivity index (χ4v) is 1.74. The van der Waals surface area contributed by atoms with Crippen LogP contribution in [-0.4, -0.2) is 25.7 Å². The van der Waals surface area contributed by atoms with Crippen molar-refractivity contribution in [1.82, 2.24) is 19.9 Å². The van der Waals surface area contributed by atoms with Crippen LogP contribution in [0.5, 0.6) is 0 Å². The number of aromatic nitrogens is 4. The van der Waals surface area contributed by atoms with E-state index >= 15 is 0 Å². The number of H-pyrrole nitrogens is 1. The third-order valence-corrected chi connectivity index (χ3v) is 2.62. The van der Waals surface area contributed by atoms with Gasteiger partial charge < -0.3 is 4.98 Å². The SMILES string of the molecule is CCSc1ncc2[nH]c(CC)nc2n1. The number of hydrogen-bond donors (Lipinski definition) is 1. The number of aromatic amines is 1. The van der Waals surface area contributed by atoms with Gasteiger partial charge in [0.05, 0.1) is 6.20 Å².